The van der Waals surface area contributed by atoms with Gasteiger partial charge in [0.25, 0.3) is 0 Å². The summed E-state index contributed by atoms with van der Waals surface area (Å²) in [5.41, 5.74) is 0.906. The summed E-state index contributed by atoms with van der Waals surface area (Å²) in [6.45, 7) is 1.97. The molecule has 2 fully saturated rings. The lowest BCUT2D eigenvalue weighted by molar-refractivity contribution is -0.134. The lowest BCUT2D eigenvalue weighted by Crippen LogP contribution is -2.47. The fraction of sp³-hybridized carbons (Fsp3) is 0.417. The Labute approximate surface area is 182 Å². The SMILES string of the molecule is COc1ccc(O[C@H]2C[C@@H](C(=O)N3CCCC3)N(C(=O)OCc3ccccc3)C2)cc1. The standard InChI is InChI=1S/C24H28N2O5/c1-29-19-9-11-20(12-10-19)31-21-15-22(23(27)25-13-5-6-14-25)26(16-21)24(28)30-17-18-7-3-2-4-8-18/h2-4,7-12,21-22H,5-6,13-17H2,1H3/t21-,22-/m0/s1. The molecule has 4 rings (SSSR count). The van der Waals surface area contributed by atoms with E-state index in [-0.39, 0.29) is 18.6 Å². The van der Waals surface area contributed by atoms with Gasteiger partial charge < -0.3 is 19.1 Å². The highest BCUT2D eigenvalue weighted by Gasteiger charge is 2.43. The number of rotatable bonds is 6. The fourth-order valence-corrected chi connectivity index (χ4v) is 4.12. The number of carbonyl (C=O) groups excluding carboxylic acids is 2. The highest BCUT2D eigenvalue weighted by molar-refractivity contribution is 5.86. The summed E-state index contributed by atoms with van der Waals surface area (Å²) >= 11 is 0. The van der Waals surface area contributed by atoms with Crippen molar-refractivity contribution >= 4 is 12.0 Å². The van der Waals surface area contributed by atoms with Crippen LogP contribution in [0.5, 0.6) is 11.5 Å². The minimum absolute atomic E-state index is 0.0185. The normalized spacial score (nSPS) is 20.5. The molecule has 2 heterocycles. The molecule has 164 valence electrons. The Morgan fingerprint density at radius 1 is 0.968 bits per heavy atom. The first-order valence-electron chi connectivity index (χ1n) is 10.7. The van der Waals surface area contributed by atoms with E-state index in [9.17, 15) is 9.59 Å². The van der Waals surface area contributed by atoms with Crippen molar-refractivity contribution in [1.82, 2.24) is 9.80 Å². The highest BCUT2D eigenvalue weighted by Crippen LogP contribution is 2.27. The molecule has 2 aliphatic rings. The number of carbonyl (C=O) groups is 2. The molecule has 0 radical (unpaired) electrons. The molecular formula is C24H28N2O5. The van der Waals surface area contributed by atoms with E-state index < -0.39 is 12.1 Å². The molecule has 0 saturated carbocycles. The zero-order chi connectivity index (χ0) is 21.6. The van der Waals surface area contributed by atoms with Crippen molar-refractivity contribution in [2.75, 3.05) is 26.7 Å². The number of hydrogen-bond acceptors (Lipinski definition) is 5. The van der Waals surface area contributed by atoms with Crippen LogP contribution in [0.3, 0.4) is 0 Å². The molecule has 2 atom stereocenters. The fourth-order valence-electron chi connectivity index (χ4n) is 4.12. The molecule has 2 aromatic rings. The van der Waals surface area contributed by atoms with E-state index in [0.717, 1.165) is 37.2 Å². The van der Waals surface area contributed by atoms with Crippen LogP contribution in [0.4, 0.5) is 4.79 Å². The third-order valence-corrected chi connectivity index (χ3v) is 5.77. The average Bonchev–Trinajstić information content (AvgIpc) is 3.49. The van der Waals surface area contributed by atoms with Gasteiger partial charge in [-0.3, -0.25) is 9.69 Å². The summed E-state index contributed by atoms with van der Waals surface area (Å²) in [5, 5.41) is 0. The largest absolute Gasteiger partial charge is 0.497 e. The molecular weight excluding hydrogens is 396 g/mol. The van der Waals surface area contributed by atoms with Crippen molar-refractivity contribution in [3.05, 3.63) is 60.2 Å². The number of ether oxygens (including phenoxy) is 3. The van der Waals surface area contributed by atoms with Gasteiger partial charge >= 0.3 is 6.09 Å². The molecule has 2 saturated heterocycles. The molecule has 2 aliphatic heterocycles. The van der Waals surface area contributed by atoms with Crippen molar-refractivity contribution in [3.63, 3.8) is 0 Å². The van der Waals surface area contributed by atoms with Crippen molar-refractivity contribution in [2.24, 2.45) is 0 Å². The Kier molecular flexibility index (Phi) is 6.60. The summed E-state index contributed by atoms with van der Waals surface area (Å²) in [6, 6.07) is 16.3. The molecule has 0 aliphatic carbocycles. The van der Waals surface area contributed by atoms with E-state index in [2.05, 4.69) is 0 Å². The van der Waals surface area contributed by atoms with E-state index in [1.807, 2.05) is 59.5 Å². The van der Waals surface area contributed by atoms with Crippen LogP contribution in [0.25, 0.3) is 0 Å². The molecule has 0 unspecified atom stereocenters. The van der Waals surface area contributed by atoms with Crippen LogP contribution >= 0.6 is 0 Å². The predicted octanol–water partition coefficient (Wildman–Crippen LogP) is 3.48. The van der Waals surface area contributed by atoms with Gasteiger partial charge in [0.1, 0.15) is 30.3 Å². The van der Waals surface area contributed by atoms with E-state index in [0.29, 0.717) is 18.7 Å². The van der Waals surface area contributed by atoms with Crippen LogP contribution in [-0.2, 0) is 16.1 Å². The molecule has 0 bridgehead atoms. The summed E-state index contributed by atoms with van der Waals surface area (Å²) in [7, 11) is 1.61. The van der Waals surface area contributed by atoms with Gasteiger partial charge in [-0.25, -0.2) is 4.79 Å². The second-order valence-corrected chi connectivity index (χ2v) is 7.89. The van der Waals surface area contributed by atoms with Crippen LogP contribution in [0.15, 0.2) is 54.6 Å². The van der Waals surface area contributed by atoms with Crippen LogP contribution in [-0.4, -0.2) is 60.7 Å². The Hall–Kier alpha value is -3.22. The zero-order valence-corrected chi connectivity index (χ0v) is 17.7. The van der Waals surface area contributed by atoms with Crippen LogP contribution in [0, 0.1) is 0 Å². The van der Waals surface area contributed by atoms with Crippen molar-refractivity contribution in [1.29, 1.82) is 0 Å². The van der Waals surface area contributed by atoms with Gasteiger partial charge in [-0.05, 0) is 42.7 Å². The Balaban J connectivity index is 1.44. The zero-order valence-electron chi connectivity index (χ0n) is 17.7. The Morgan fingerprint density at radius 3 is 2.32 bits per heavy atom. The van der Waals surface area contributed by atoms with E-state index >= 15 is 0 Å². The van der Waals surface area contributed by atoms with E-state index in [1.54, 1.807) is 7.11 Å². The van der Waals surface area contributed by atoms with Crippen molar-refractivity contribution in [2.45, 2.75) is 38.0 Å². The maximum absolute atomic E-state index is 13.1. The molecule has 7 heteroatoms. The Bertz CT molecular complexity index is 881. The molecule has 0 aromatic heterocycles. The predicted molar refractivity (Wildman–Crippen MR) is 115 cm³/mol. The Morgan fingerprint density at radius 2 is 1.65 bits per heavy atom. The molecule has 2 aromatic carbocycles. The van der Waals surface area contributed by atoms with Crippen molar-refractivity contribution in [3.8, 4) is 11.5 Å². The summed E-state index contributed by atoms with van der Waals surface area (Å²) < 4.78 is 16.8. The minimum atomic E-state index is -0.565. The van der Waals surface area contributed by atoms with Gasteiger partial charge in [0.05, 0.1) is 13.7 Å². The lowest BCUT2D eigenvalue weighted by atomic mass is 10.1. The first-order chi connectivity index (χ1) is 15.1. The number of benzene rings is 2. The van der Waals surface area contributed by atoms with Gasteiger partial charge in [0.15, 0.2) is 0 Å². The highest BCUT2D eigenvalue weighted by atomic mass is 16.6. The second kappa shape index (κ2) is 9.73. The summed E-state index contributed by atoms with van der Waals surface area (Å²) in [5.74, 6) is 1.40. The monoisotopic (exact) mass is 424 g/mol. The quantitative estimate of drug-likeness (QED) is 0.710. The molecule has 7 nitrogen and oxygen atoms in total. The number of nitrogens with zero attached hydrogens (tertiary/aromatic N) is 2. The lowest BCUT2D eigenvalue weighted by Gasteiger charge is -2.26. The topological polar surface area (TPSA) is 68.3 Å². The van der Waals surface area contributed by atoms with Crippen molar-refractivity contribution < 1.29 is 23.8 Å². The number of methoxy groups -OCH3 is 1. The van der Waals surface area contributed by atoms with Crippen LogP contribution in [0.1, 0.15) is 24.8 Å². The number of hydrogen-bond donors (Lipinski definition) is 0. The third-order valence-electron chi connectivity index (χ3n) is 5.77. The third kappa shape index (κ3) is 5.10. The van der Waals surface area contributed by atoms with Gasteiger partial charge in [0, 0.05) is 19.5 Å². The first-order valence-corrected chi connectivity index (χ1v) is 10.7. The number of likely N-dealkylation sites (tertiary alicyclic amines) is 2. The second-order valence-electron chi connectivity index (χ2n) is 7.89. The van der Waals surface area contributed by atoms with Gasteiger partial charge in [-0.1, -0.05) is 30.3 Å². The molecule has 31 heavy (non-hydrogen) atoms. The maximum atomic E-state index is 13.1. The van der Waals surface area contributed by atoms with Gasteiger partial charge in [-0.15, -0.1) is 0 Å². The van der Waals surface area contributed by atoms with Crippen LogP contribution < -0.4 is 9.47 Å². The number of amides is 2. The maximum Gasteiger partial charge on any atom is 0.410 e. The summed E-state index contributed by atoms with van der Waals surface area (Å²) in [4.78, 5) is 29.4. The molecule has 0 spiro atoms. The average molecular weight is 424 g/mol. The molecule has 0 N–H and O–H groups in total. The van der Waals surface area contributed by atoms with E-state index in [1.165, 1.54) is 4.90 Å². The van der Waals surface area contributed by atoms with Gasteiger partial charge in [0.2, 0.25) is 5.91 Å². The molecule has 2 amide bonds. The minimum Gasteiger partial charge on any atom is -0.497 e. The first kappa shape index (κ1) is 21.0. The van der Waals surface area contributed by atoms with E-state index in [4.69, 9.17) is 14.2 Å². The smallest absolute Gasteiger partial charge is 0.410 e. The summed E-state index contributed by atoms with van der Waals surface area (Å²) in [6.07, 6.45) is 1.68. The van der Waals surface area contributed by atoms with Gasteiger partial charge in [-0.2, -0.15) is 0 Å². The van der Waals surface area contributed by atoms with Crippen LogP contribution in [0.2, 0.25) is 0 Å².